The van der Waals surface area contributed by atoms with Gasteiger partial charge in [0.2, 0.25) is 5.91 Å². The second-order valence-electron chi connectivity index (χ2n) is 5.66. The van der Waals surface area contributed by atoms with E-state index >= 15 is 0 Å². The van der Waals surface area contributed by atoms with E-state index < -0.39 is 5.60 Å². The molecule has 4 heteroatoms. The molecule has 1 amide bonds. The van der Waals surface area contributed by atoms with Gasteiger partial charge in [-0.1, -0.05) is 25.7 Å². The molecule has 0 aliphatic heterocycles. The Hall–Kier alpha value is -1.29. The molecule has 2 rings (SSSR count). The number of aliphatic hydroxyl groups is 1. The maximum absolute atomic E-state index is 12.1. The Bertz CT molecular complexity index is 390. The Morgan fingerprint density at radius 1 is 1.42 bits per heavy atom. The summed E-state index contributed by atoms with van der Waals surface area (Å²) in [6.07, 6.45) is 8.18. The van der Waals surface area contributed by atoms with Crippen LogP contribution in [0.15, 0.2) is 22.8 Å². The van der Waals surface area contributed by atoms with Crippen LogP contribution in [0.3, 0.4) is 0 Å². The average Bonchev–Trinajstić information content (AvgIpc) is 2.80. The first kappa shape index (κ1) is 14.1. The van der Waals surface area contributed by atoms with Crippen molar-refractivity contribution in [1.29, 1.82) is 0 Å². The topological polar surface area (TPSA) is 62.5 Å². The number of carbonyl (C=O) groups excluding carboxylic acids is 1. The highest BCUT2D eigenvalue weighted by molar-refractivity contribution is 5.78. The van der Waals surface area contributed by atoms with Crippen LogP contribution in [0.5, 0.6) is 0 Å². The van der Waals surface area contributed by atoms with Crippen LogP contribution in [0.2, 0.25) is 0 Å². The van der Waals surface area contributed by atoms with Gasteiger partial charge in [0, 0.05) is 5.92 Å². The van der Waals surface area contributed by atoms with Crippen LogP contribution in [-0.2, 0) is 10.4 Å². The van der Waals surface area contributed by atoms with Crippen LogP contribution < -0.4 is 5.32 Å². The lowest BCUT2D eigenvalue weighted by Gasteiger charge is -2.23. The minimum atomic E-state index is -1.15. The van der Waals surface area contributed by atoms with Crippen molar-refractivity contribution in [3.8, 4) is 0 Å². The number of hydrogen-bond donors (Lipinski definition) is 2. The Labute approximate surface area is 114 Å². The third-order valence-corrected chi connectivity index (χ3v) is 3.88. The molecular formula is C15H23NO3. The molecule has 2 N–H and O–H groups in total. The van der Waals surface area contributed by atoms with Crippen molar-refractivity contribution < 1.29 is 14.3 Å². The zero-order valence-corrected chi connectivity index (χ0v) is 11.5. The van der Waals surface area contributed by atoms with Gasteiger partial charge in [-0.2, -0.15) is 0 Å². The fourth-order valence-corrected chi connectivity index (χ4v) is 2.62. The Kier molecular flexibility index (Phi) is 4.64. The second kappa shape index (κ2) is 6.24. The van der Waals surface area contributed by atoms with Crippen LogP contribution in [0, 0.1) is 5.92 Å². The molecule has 0 bridgehead atoms. The van der Waals surface area contributed by atoms with Crippen molar-refractivity contribution in [3.05, 3.63) is 24.2 Å². The molecule has 1 fully saturated rings. The van der Waals surface area contributed by atoms with E-state index in [1.54, 1.807) is 19.1 Å². The van der Waals surface area contributed by atoms with Gasteiger partial charge in [-0.3, -0.25) is 4.79 Å². The molecule has 1 aliphatic rings. The van der Waals surface area contributed by atoms with Crippen LogP contribution >= 0.6 is 0 Å². The molecule has 0 aromatic carbocycles. The minimum absolute atomic E-state index is 0.0636. The molecule has 0 radical (unpaired) electrons. The average molecular weight is 265 g/mol. The summed E-state index contributed by atoms with van der Waals surface area (Å²) in [4.78, 5) is 12.1. The van der Waals surface area contributed by atoms with Gasteiger partial charge in [0.15, 0.2) is 0 Å². The van der Waals surface area contributed by atoms with E-state index in [2.05, 4.69) is 5.32 Å². The van der Waals surface area contributed by atoms with Gasteiger partial charge in [-0.25, -0.2) is 0 Å². The first-order valence-corrected chi connectivity index (χ1v) is 7.14. The first-order chi connectivity index (χ1) is 9.09. The lowest BCUT2D eigenvalue weighted by molar-refractivity contribution is -0.126. The van der Waals surface area contributed by atoms with Crippen LogP contribution in [0.25, 0.3) is 0 Å². The van der Waals surface area contributed by atoms with Gasteiger partial charge in [-0.15, -0.1) is 0 Å². The van der Waals surface area contributed by atoms with Crippen molar-refractivity contribution in [1.82, 2.24) is 5.32 Å². The monoisotopic (exact) mass is 265 g/mol. The number of carbonyl (C=O) groups is 1. The van der Waals surface area contributed by atoms with E-state index in [1.807, 2.05) is 0 Å². The van der Waals surface area contributed by atoms with Crippen molar-refractivity contribution in [2.45, 2.75) is 51.0 Å². The van der Waals surface area contributed by atoms with Gasteiger partial charge in [0.05, 0.1) is 12.8 Å². The highest BCUT2D eigenvalue weighted by atomic mass is 16.4. The summed E-state index contributed by atoms with van der Waals surface area (Å²) >= 11 is 0. The summed E-state index contributed by atoms with van der Waals surface area (Å²) in [6.45, 7) is 1.84. The van der Waals surface area contributed by atoms with E-state index in [9.17, 15) is 9.90 Å². The standard InChI is InChI=1S/C15H23NO3/c1-15(18,13-9-6-10-19-13)11-16-14(17)12-7-4-2-3-5-8-12/h6,9-10,12,18H,2-5,7-8,11H2,1H3,(H,16,17). The Morgan fingerprint density at radius 3 is 2.68 bits per heavy atom. The second-order valence-corrected chi connectivity index (χ2v) is 5.66. The van der Waals surface area contributed by atoms with Gasteiger partial charge in [0.25, 0.3) is 0 Å². The molecule has 0 saturated heterocycles. The van der Waals surface area contributed by atoms with Crippen molar-refractivity contribution in [2.24, 2.45) is 5.92 Å². The largest absolute Gasteiger partial charge is 0.466 e. The lowest BCUT2D eigenvalue weighted by Crippen LogP contribution is -2.41. The molecule has 1 saturated carbocycles. The summed E-state index contributed by atoms with van der Waals surface area (Å²) in [5.74, 6) is 0.650. The maximum atomic E-state index is 12.1. The summed E-state index contributed by atoms with van der Waals surface area (Å²) in [7, 11) is 0. The molecule has 4 nitrogen and oxygen atoms in total. The predicted molar refractivity (Wildman–Crippen MR) is 72.5 cm³/mol. The van der Waals surface area contributed by atoms with Crippen LogP contribution in [-0.4, -0.2) is 17.6 Å². The first-order valence-electron chi connectivity index (χ1n) is 7.14. The minimum Gasteiger partial charge on any atom is -0.466 e. The third kappa shape index (κ3) is 3.83. The summed E-state index contributed by atoms with van der Waals surface area (Å²) < 4.78 is 5.19. The molecule has 1 aromatic rings. The van der Waals surface area contributed by atoms with Crippen LogP contribution in [0.1, 0.15) is 51.2 Å². The fraction of sp³-hybridized carbons (Fsp3) is 0.667. The molecule has 1 unspecified atom stereocenters. The van der Waals surface area contributed by atoms with Crippen molar-refractivity contribution >= 4 is 5.91 Å². The van der Waals surface area contributed by atoms with E-state index in [0.29, 0.717) is 5.76 Å². The van der Waals surface area contributed by atoms with Crippen molar-refractivity contribution in [3.63, 3.8) is 0 Å². The van der Waals surface area contributed by atoms with Gasteiger partial charge < -0.3 is 14.8 Å². The summed E-state index contributed by atoms with van der Waals surface area (Å²) in [5.41, 5.74) is -1.15. The van der Waals surface area contributed by atoms with Gasteiger partial charge >= 0.3 is 0 Å². The normalized spacial score (nSPS) is 20.5. The molecule has 0 spiro atoms. The molecule has 1 heterocycles. The number of hydrogen-bond acceptors (Lipinski definition) is 3. The molecular weight excluding hydrogens is 242 g/mol. The van der Waals surface area contributed by atoms with Crippen LogP contribution in [0.4, 0.5) is 0 Å². The predicted octanol–water partition coefficient (Wildman–Crippen LogP) is 2.57. The van der Waals surface area contributed by atoms with E-state index in [1.165, 1.54) is 19.1 Å². The number of amides is 1. The molecule has 106 valence electrons. The summed E-state index contributed by atoms with van der Waals surface area (Å²) in [6, 6.07) is 3.45. The number of rotatable bonds is 4. The summed E-state index contributed by atoms with van der Waals surface area (Å²) in [5, 5.41) is 13.1. The zero-order chi connectivity index (χ0) is 13.7. The molecule has 19 heavy (non-hydrogen) atoms. The zero-order valence-electron chi connectivity index (χ0n) is 11.5. The smallest absolute Gasteiger partial charge is 0.223 e. The lowest BCUT2D eigenvalue weighted by atomic mass is 9.98. The Morgan fingerprint density at radius 2 is 2.11 bits per heavy atom. The van der Waals surface area contributed by atoms with E-state index in [-0.39, 0.29) is 18.4 Å². The number of nitrogens with one attached hydrogen (secondary N) is 1. The van der Waals surface area contributed by atoms with E-state index in [0.717, 1.165) is 25.7 Å². The highest BCUT2D eigenvalue weighted by Gasteiger charge is 2.28. The molecule has 1 aliphatic carbocycles. The quantitative estimate of drug-likeness (QED) is 0.822. The van der Waals surface area contributed by atoms with E-state index in [4.69, 9.17) is 4.42 Å². The fourth-order valence-electron chi connectivity index (χ4n) is 2.62. The maximum Gasteiger partial charge on any atom is 0.223 e. The third-order valence-electron chi connectivity index (χ3n) is 3.88. The SMILES string of the molecule is CC(O)(CNC(=O)C1CCCCCC1)c1ccco1. The van der Waals surface area contributed by atoms with Crippen molar-refractivity contribution in [2.75, 3.05) is 6.54 Å². The Balaban J connectivity index is 1.85. The van der Waals surface area contributed by atoms with Gasteiger partial charge in [0.1, 0.15) is 11.4 Å². The number of furan rings is 1. The van der Waals surface area contributed by atoms with Gasteiger partial charge in [-0.05, 0) is 31.9 Å². The molecule has 1 atom stereocenters. The molecule has 1 aromatic heterocycles. The highest BCUT2D eigenvalue weighted by Crippen LogP contribution is 2.24.